The van der Waals surface area contributed by atoms with E-state index in [-0.39, 0.29) is 5.84 Å². The molecule has 0 amide bonds. The van der Waals surface area contributed by atoms with E-state index in [0.29, 0.717) is 17.1 Å². The molecular formula is C15H16N2O2S. The molecule has 0 unspecified atom stereocenters. The van der Waals surface area contributed by atoms with Crippen LogP contribution in [0.2, 0.25) is 0 Å². The molecule has 0 heterocycles. The molecule has 0 aliphatic carbocycles. The molecule has 20 heavy (non-hydrogen) atoms. The predicted molar refractivity (Wildman–Crippen MR) is 82.0 cm³/mol. The van der Waals surface area contributed by atoms with Gasteiger partial charge in [0.25, 0.3) is 0 Å². The van der Waals surface area contributed by atoms with Crippen LogP contribution in [0.25, 0.3) is 0 Å². The van der Waals surface area contributed by atoms with Crippen molar-refractivity contribution in [2.75, 3.05) is 6.26 Å². The quantitative estimate of drug-likeness (QED) is 0.296. The fraction of sp³-hybridized carbons (Fsp3) is 0.133. The van der Waals surface area contributed by atoms with E-state index in [2.05, 4.69) is 5.16 Å². The van der Waals surface area contributed by atoms with E-state index < -0.39 is 0 Å². The second kappa shape index (κ2) is 6.34. The Morgan fingerprint density at radius 2 is 1.90 bits per heavy atom. The van der Waals surface area contributed by atoms with Crippen molar-refractivity contribution >= 4 is 17.6 Å². The molecule has 0 atom stereocenters. The van der Waals surface area contributed by atoms with Gasteiger partial charge >= 0.3 is 0 Å². The number of aryl methyl sites for hydroxylation is 1. The highest BCUT2D eigenvalue weighted by Gasteiger charge is 2.11. The van der Waals surface area contributed by atoms with E-state index in [9.17, 15) is 0 Å². The Morgan fingerprint density at radius 3 is 2.50 bits per heavy atom. The van der Waals surface area contributed by atoms with Crippen LogP contribution in [0.5, 0.6) is 11.5 Å². The van der Waals surface area contributed by atoms with Gasteiger partial charge in [-0.2, -0.15) is 0 Å². The number of oxime groups is 1. The lowest BCUT2D eigenvalue weighted by molar-refractivity contribution is 0.318. The molecule has 2 aromatic rings. The molecule has 0 aromatic heterocycles. The minimum atomic E-state index is 0.0319. The van der Waals surface area contributed by atoms with Gasteiger partial charge < -0.3 is 15.7 Å². The second-order valence-electron chi connectivity index (χ2n) is 4.21. The summed E-state index contributed by atoms with van der Waals surface area (Å²) in [7, 11) is 0. The third-order valence-corrected chi connectivity index (χ3v) is 3.62. The van der Waals surface area contributed by atoms with Crippen molar-refractivity contribution in [3.8, 4) is 11.5 Å². The van der Waals surface area contributed by atoms with Gasteiger partial charge in [-0.05, 0) is 49.1 Å². The van der Waals surface area contributed by atoms with Gasteiger partial charge in [0.1, 0.15) is 11.5 Å². The Morgan fingerprint density at radius 1 is 1.20 bits per heavy atom. The van der Waals surface area contributed by atoms with E-state index in [1.54, 1.807) is 17.8 Å². The first-order valence-electron chi connectivity index (χ1n) is 6.05. The number of hydrogen-bond acceptors (Lipinski definition) is 4. The average Bonchev–Trinajstić information content (AvgIpc) is 2.49. The minimum absolute atomic E-state index is 0.0319. The Hall–Kier alpha value is -2.14. The summed E-state index contributed by atoms with van der Waals surface area (Å²) in [6.07, 6.45) is 2.02. The molecule has 3 N–H and O–H groups in total. The van der Waals surface area contributed by atoms with Crippen LogP contribution in [0.1, 0.15) is 11.1 Å². The molecule has 0 aliphatic rings. The largest absolute Gasteiger partial charge is 0.456 e. The average molecular weight is 288 g/mol. The Balaban J connectivity index is 2.37. The molecule has 2 aromatic carbocycles. The van der Waals surface area contributed by atoms with Crippen LogP contribution in [0.3, 0.4) is 0 Å². The maximum Gasteiger partial charge on any atom is 0.173 e. The molecule has 2 rings (SSSR count). The second-order valence-corrected chi connectivity index (χ2v) is 5.09. The van der Waals surface area contributed by atoms with Crippen LogP contribution in [-0.4, -0.2) is 17.3 Å². The normalized spacial score (nSPS) is 11.4. The molecule has 5 heteroatoms. The first-order chi connectivity index (χ1) is 9.65. The Kier molecular flexibility index (Phi) is 4.53. The van der Waals surface area contributed by atoms with Crippen molar-refractivity contribution in [2.24, 2.45) is 10.9 Å². The summed E-state index contributed by atoms with van der Waals surface area (Å²) < 4.78 is 5.88. The monoisotopic (exact) mass is 288 g/mol. The van der Waals surface area contributed by atoms with Gasteiger partial charge in [0.15, 0.2) is 5.84 Å². The zero-order chi connectivity index (χ0) is 14.5. The number of amidine groups is 1. The van der Waals surface area contributed by atoms with Crippen molar-refractivity contribution in [3.05, 3.63) is 53.6 Å². The third kappa shape index (κ3) is 3.05. The Bertz CT molecular complexity index is 624. The summed E-state index contributed by atoms with van der Waals surface area (Å²) in [5.41, 5.74) is 7.17. The summed E-state index contributed by atoms with van der Waals surface area (Å²) in [6.45, 7) is 1.92. The molecular weight excluding hydrogens is 272 g/mol. The van der Waals surface area contributed by atoms with Crippen molar-refractivity contribution in [1.82, 2.24) is 0 Å². The summed E-state index contributed by atoms with van der Waals surface area (Å²) >= 11 is 1.67. The van der Waals surface area contributed by atoms with Crippen LogP contribution >= 0.6 is 11.8 Å². The highest BCUT2D eigenvalue weighted by atomic mass is 32.2. The van der Waals surface area contributed by atoms with E-state index in [1.165, 1.54) is 4.90 Å². The van der Waals surface area contributed by atoms with Crippen molar-refractivity contribution in [3.63, 3.8) is 0 Å². The van der Waals surface area contributed by atoms with E-state index >= 15 is 0 Å². The molecule has 0 saturated heterocycles. The molecule has 0 radical (unpaired) electrons. The fourth-order valence-corrected chi connectivity index (χ4v) is 2.21. The topological polar surface area (TPSA) is 67.8 Å². The highest BCUT2D eigenvalue weighted by molar-refractivity contribution is 7.98. The number of nitrogens with zero attached hydrogens (tertiary/aromatic N) is 1. The first kappa shape index (κ1) is 14.3. The van der Waals surface area contributed by atoms with Gasteiger partial charge in [0.2, 0.25) is 0 Å². The number of ether oxygens (including phenoxy) is 1. The molecule has 0 saturated carbocycles. The standard InChI is InChI=1S/C15H16N2O2S/c1-10-4-3-5-13(15(16)17-18)14(10)19-11-6-8-12(20-2)9-7-11/h3-9,18H,1-2H3,(H2,16,17). The lowest BCUT2D eigenvalue weighted by Crippen LogP contribution is -2.14. The van der Waals surface area contributed by atoms with Gasteiger partial charge in [0, 0.05) is 4.90 Å². The summed E-state index contributed by atoms with van der Waals surface area (Å²) in [4.78, 5) is 1.17. The number of benzene rings is 2. The summed E-state index contributed by atoms with van der Waals surface area (Å²) in [6, 6.07) is 13.3. The van der Waals surface area contributed by atoms with Crippen molar-refractivity contribution in [1.29, 1.82) is 0 Å². The van der Waals surface area contributed by atoms with E-state index in [0.717, 1.165) is 5.56 Å². The van der Waals surface area contributed by atoms with Gasteiger partial charge in [-0.25, -0.2) is 0 Å². The molecule has 104 valence electrons. The zero-order valence-corrected chi connectivity index (χ0v) is 12.1. The number of thioether (sulfide) groups is 1. The van der Waals surface area contributed by atoms with Crippen LogP contribution < -0.4 is 10.5 Å². The summed E-state index contributed by atoms with van der Waals surface area (Å²) in [5, 5.41) is 11.9. The number of hydrogen-bond donors (Lipinski definition) is 2. The number of rotatable bonds is 4. The third-order valence-electron chi connectivity index (χ3n) is 2.87. The lowest BCUT2D eigenvalue weighted by Gasteiger charge is -2.13. The van der Waals surface area contributed by atoms with Gasteiger partial charge in [-0.15, -0.1) is 11.8 Å². The zero-order valence-electron chi connectivity index (χ0n) is 11.3. The van der Waals surface area contributed by atoms with Gasteiger partial charge in [-0.1, -0.05) is 17.3 Å². The molecule has 4 nitrogen and oxygen atoms in total. The predicted octanol–water partition coefficient (Wildman–Crippen LogP) is 3.60. The van der Waals surface area contributed by atoms with Crippen molar-refractivity contribution in [2.45, 2.75) is 11.8 Å². The van der Waals surface area contributed by atoms with E-state index in [1.807, 2.05) is 49.6 Å². The molecule has 0 bridgehead atoms. The smallest absolute Gasteiger partial charge is 0.173 e. The maximum absolute atomic E-state index is 8.84. The van der Waals surface area contributed by atoms with Gasteiger partial charge in [-0.3, -0.25) is 0 Å². The SMILES string of the molecule is CSc1ccc(Oc2c(C)cccc2/C(N)=N/O)cc1. The van der Waals surface area contributed by atoms with Crippen molar-refractivity contribution < 1.29 is 9.94 Å². The fourth-order valence-electron chi connectivity index (χ4n) is 1.81. The lowest BCUT2D eigenvalue weighted by atomic mass is 10.1. The van der Waals surface area contributed by atoms with E-state index in [4.69, 9.17) is 15.7 Å². The van der Waals surface area contributed by atoms with Crippen LogP contribution in [0.4, 0.5) is 0 Å². The first-order valence-corrected chi connectivity index (χ1v) is 7.27. The maximum atomic E-state index is 8.84. The molecule has 0 aliphatic heterocycles. The van der Waals surface area contributed by atoms with Crippen LogP contribution in [-0.2, 0) is 0 Å². The number of nitrogens with two attached hydrogens (primary N) is 1. The van der Waals surface area contributed by atoms with Crippen LogP contribution in [0.15, 0.2) is 52.5 Å². The van der Waals surface area contributed by atoms with Crippen LogP contribution in [0, 0.1) is 6.92 Å². The summed E-state index contributed by atoms with van der Waals surface area (Å²) in [5.74, 6) is 1.34. The molecule has 0 fully saturated rings. The highest BCUT2D eigenvalue weighted by Crippen LogP contribution is 2.30. The Labute approximate surface area is 122 Å². The van der Waals surface area contributed by atoms with Gasteiger partial charge in [0.05, 0.1) is 5.56 Å². The minimum Gasteiger partial charge on any atom is -0.456 e. The molecule has 0 spiro atoms. The number of para-hydroxylation sites is 1.